The van der Waals surface area contributed by atoms with E-state index >= 15 is 0 Å². The molecule has 2 aromatic heterocycles. The third kappa shape index (κ3) is 6.35. The number of hydrogen-bond acceptors (Lipinski definition) is 8. The molecule has 11 heteroatoms. The Morgan fingerprint density at radius 2 is 2.00 bits per heavy atom. The standard InChI is InChI=1S/C22H26FN7O3/c1-22(2,3)33-21(32)30-5-4-17(16(23)12-30)29-18-6-14(26-11-15(18)20(25)31)7-19-27-9-13(8-24)10-28-19/h6,9-11,16-17H,4-5,7,12H2,1-3H3,(H2,25,31)(H,26,29)/t16-,17+/m0/s1. The van der Waals surface area contributed by atoms with Gasteiger partial charge in [0.25, 0.3) is 5.91 Å². The third-order valence-corrected chi connectivity index (χ3v) is 4.93. The molecule has 3 heterocycles. The highest BCUT2D eigenvalue weighted by molar-refractivity contribution is 5.98. The van der Waals surface area contributed by atoms with E-state index in [0.29, 0.717) is 35.7 Å². The summed E-state index contributed by atoms with van der Waals surface area (Å²) in [5.41, 5.74) is 6.15. The van der Waals surface area contributed by atoms with E-state index in [-0.39, 0.29) is 18.5 Å². The minimum atomic E-state index is -1.38. The van der Waals surface area contributed by atoms with Crippen LogP contribution in [-0.4, -0.2) is 62.8 Å². The number of anilines is 1. The van der Waals surface area contributed by atoms with E-state index in [1.807, 2.05) is 6.07 Å². The van der Waals surface area contributed by atoms with E-state index in [1.54, 1.807) is 26.8 Å². The highest BCUT2D eigenvalue weighted by Gasteiger charge is 2.34. The van der Waals surface area contributed by atoms with E-state index in [1.165, 1.54) is 23.5 Å². The van der Waals surface area contributed by atoms with Crippen molar-refractivity contribution < 1.29 is 18.7 Å². The first-order valence-electron chi connectivity index (χ1n) is 10.4. The number of halogens is 1. The first-order chi connectivity index (χ1) is 15.6. The van der Waals surface area contributed by atoms with Gasteiger partial charge in [-0.3, -0.25) is 9.78 Å². The molecule has 3 rings (SSSR count). The number of ether oxygens (including phenoxy) is 1. The fraction of sp³-hybridized carbons (Fsp3) is 0.455. The summed E-state index contributed by atoms with van der Waals surface area (Å²) in [7, 11) is 0. The number of amides is 2. The highest BCUT2D eigenvalue weighted by atomic mass is 19.1. The number of rotatable bonds is 5. The summed E-state index contributed by atoms with van der Waals surface area (Å²) < 4.78 is 20.3. The van der Waals surface area contributed by atoms with Crippen LogP contribution in [-0.2, 0) is 11.2 Å². The number of nitrogens with two attached hydrogens (primary N) is 1. The Labute approximate surface area is 191 Å². The number of aromatic nitrogens is 3. The molecule has 0 bridgehead atoms. The number of nitrogens with one attached hydrogen (secondary N) is 1. The van der Waals surface area contributed by atoms with Gasteiger partial charge < -0.3 is 20.7 Å². The maximum atomic E-state index is 14.9. The fourth-order valence-electron chi connectivity index (χ4n) is 3.34. The molecule has 1 aliphatic rings. The molecule has 33 heavy (non-hydrogen) atoms. The second-order valence-corrected chi connectivity index (χ2v) is 8.74. The zero-order chi connectivity index (χ0) is 24.2. The number of piperidine rings is 1. The van der Waals surface area contributed by atoms with Crippen LogP contribution in [0.15, 0.2) is 24.7 Å². The molecule has 0 unspecified atom stereocenters. The number of pyridine rings is 1. The maximum Gasteiger partial charge on any atom is 0.410 e. The van der Waals surface area contributed by atoms with Crippen molar-refractivity contribution in [3.8, 4) is 6.07 Å². The lowest BCUT2D eigenvalue weighted by Crippen LogP contribution is -2.51. The van der Waals surface area contributed by atoms with Gasteiger partial charge in [-0.1, -0.05) is 0 Å². The van der Waals surface area contributed by atoms with Crippen LogP contribution in [0.2, 0.25) is 0 Å². The smallest absolute Gasteiger partial charge is 0.410 e. The Morgan fingerprint density at radius 1 is 1.30 bits per heavy atom. The molecule has 1 aliphatic heterocycles. The zero-order valence-electron chi connectivity index (χ0n) is 18.7. The van der Waals surface area contributed by atoms with Crippen LogP contribution in [0.3, 0.4) is 0 Å². The second-order valence-electron chi connectivity index (χ2n) is 8.74. The van der Waals surface area contributed by atoms with Crippen molar-refractivity contribution in [2.75, 3.05) is 18.4 Å². The zero-order valence-corrected chi connectivity index (χ0v) is 18.7. The van der Waals surface area contributed by atoms with Crippen molar-refractivity contribution in [3.63, 3.8) is 0 Å². The van der Waals surface area contributed by atoms with Gasteiger partial charge in [0.2, 0.25) is 0 Å². The average molecular weight is 455 g/mol. The van der Waals surface area contributed by atoms with Gasteiger partial charge in [-0.15, -0.1) is 0 Å². The normalized spacial score (nSPS) is 18.3. The number of nitriles is 1. The molecular formula is C22H26FN7O3. The van der Waals surface area contributed by atoms with Crippen LogP contribution in [0.4, 0.5) is 14.9 Å². The van der Waals surface area contributed by atoms with Gasteiger partial charge in [0, 0.05) is 25.1 Å². The molecule has 2 atom stereocenters. The molecule has 1 saturated heterocycles. The predicted octanol–water partition coefficient (Wildman–Crippen LogP) is 2.19. The lowest BCUT2D eigenvalue weighted by Gasteiger charge is -2.36. The monoisotopic (exact) mass is 455 g/mol. The summed E-state index contributed by atoms with van der Waals surface area (Å²) in [5, 5.41) is 11.9. The molecule has 0 aliphatic carbocycles. The van der Waals surface area contributed by atoms with Crippen molar-refractivity contribution in [1.82, 2.24) is 19.9 Å². The fourth-order valence-corrected chi connectivity index (χ4v) is 3.34. The lowest BCUT2D eigenvalue weighted by atomic mass is 10.0. The molecule has 2 aromatic rings. The number of hydrogen-bond donors (Lipinski definition) is 2. The Morgan fingerprint density at radius 3 is 2.58 bits per heavy atom. The Balaban J connectivity index is 1.72. The number of primary amides is 1. The molecule has 2 amide bonds. The molecular weight excluding hydrogens is 429 g/mol. The Bertz CT molecular complexity index is 1060. The van der Waals surface area contributed by atoms with Crippen molar-refractivity contribution >= 4 is 17.7 Å². The summed E-state index contributed by atoms with van der Waals surface area (Å²) in [6.07, 6.45) is 2.76. The third-order valence-electron chi connectivity index (χ3n) is 4.93. The number of carbonyl (C=O) groups excluding carboxylic acids is 2. The number of alkyl halides is 1. The van der Waals surface area contributed by atoms with Crippen molar-refractivity contribution in [3.05, 3.63) is 47.3 Å². The van der Waals surface area contributed by atoms with Crippen LogP contribution in [0.1, 0.15) is 54.6 Å². The highest BCUT2D eigenvalue weighted by Crippen LogP contribution is 2.24. The summed E-state index contributed by atoms with van der Waals surface area (Å²) in [5.74, 6) is -0.263. The van der Waals surface area contributed by atoms with Gasteiger partial charge in [-0.2, -0.15) is 5.26 Å². The van der Waals surface area contributed by atoms with Crippen LogP contribution in [0.25, 0.3) is 0 Å². The number of nitrogens with zero attached hydrogens (tertiary/aromatic N) is 5. The van der Waals surface area contributed by atoms with Crippen LogP contribution >= 0.6 is 0 Å². The first kappa shape index (κ1) is 23.8. The largest absolute Gasteiger partial charge is 0.444 e. The molecule has 10 nitrogen and oxygen atoms in total. The van der Waals surface area contributed by atoms with Crippen molar-refractivity contribution in [1.29, 1.82) is 5.26 Å². The van der Waals surface area contributed by atoms with Gasteiger partial charge in [0.15, 0.2) is 0 Å². The topological polar surface area (TPSA) is 147 Å². The number of carbonyl (C=O) groups is 2. The van der Waals surface area contributed by atoms with Gasteiger partial charge in [-0.05, 0) is 33.3 Å². The Hall–Kier alpha value is -3.81. The molecule has 174 valence electrons. The maximum absolute atomic E-state index is 14.9. The molecule has 3 N–H and O–H groups in total. The van der Waals surface area contributed by atoms with Crippen LogP contribution in [0, 0.1) is 11.3 Å². The molecule has 1 fully saturated rings. The lowest BCUT2D eigenvalue weighted by molar-refractivity contribution is 0.0125. The number of likely N-dealkylation sites (tertiary alicyclic amines) is 1. The second kappa shape index (κ2) is 9.77. The van der Waals surface area contributed by atoms with Crippen molar-refractivity contribution in [2.45, 2.75) is 51.4 Å². The quantitative estimate of drug-likeness (QED) is 0.697. The molecule has 0 radical (unpaired) electrons. The van der Waals surface area contributed by atoms with Crippen molar-refractivity contribution in [2.24, 2.45) is 5.73 Å². The minimum absolute atomic E-state index is 0.126. The minimum Gasteiger partial charge on any atom is -0.444 e. The Kier molecular flexibility index (Phi) is 7.06. The van der Waals surface area contributed by atoms with E-state index in [9.17, 15) is 14.0 Å². The molecule has 0 spiro atoms. The van der Waals surface area contributed by atoms with E-state index < -0.39 is 29.8 Å². The summed E-state index contributed by atoms with van der Waals surface area (Å²) >= 11 is 0. The first-order valence-corrected chi connectivity index (χ1v) is 10.4. The van der Waals surface area contributed by atoms with Crippen LogP contribution in [0.5, 0.6) is 0 Å². The van der Waals surface area contributed by atoms with E-state index in [4.69, 9.17) is 15.7 Å². The molecule has 0 aromatic carbocycles. The molecule has 0 saturated carbocycles. The van der Waals surface area contributed by atoms with Gasteiger partial charge in [-0.25, -0.2) is 19.2 Å². The van der Waals surface area contributed by atoms with Gasteiger partial charge >= 0.3 is 6.09 Å². The SMILES string of the molecule is CC(C)(C)OC(=O)N1CC[C@@H](Nc2cc(Cc3ncc(C#N)cn3)ncc2C(N)=O)[C@@H](F)C1. The van der Waals surface area contributed by atoms with Gasteiger partial charge in [0.1, 0.15) is 23.7 Å². The summed E-state index contributed by atoms with van der Waals surface area (Å²) in [6, 6.07) is 2.92. The van der Waals surface area contributed by atoms with E-state index in [0.717, 1.165) is 0 Å². The van der Waals surface area contributed by atoms with Gasteiger partial charge in [0.05, 0.1) is 41.5 Å². The summed E-state index contributed by atoms with van der Waals surface area (Å²) in [4.78, 5) is 37.9. The van der Waals surface area contributed by atoms with E-state index in [2.05, 4.69) is 20.3 Å². The van der Waals surface area contributed by atoms with Crippen LogP contribution < -0.4 is 11.1 Å². The summed E-state index contributed by atoms with van der Waals surface area (Å²) in [6.45, 7) is 5.43. The predicted molar refractivity (Wildman–Crippen MR) is 117 cm³/mol. The average Bonchev–Trinajstić information content (AvgIpc) is 2.74.